The molecule has 0 aliphatic carbocycles. The average Bonchev–Trinajstić information content (AvgIpc) is 2.90. The number of methoxy groups -OCH3 is 1. The van der Waals surface area contributed by atoms with Crippen LogP contribution in [-0.2, 0) is 14.3 Å². The Morgan fingerprint density at radius 2 is 2.05 bits per heavy atom. The second kappa shape index (κ2) is 14.9. The van der Waals surface area contributed by atoms with Crippen LogP contribution in [0.25, 0.3) is 0 Å². The van der Waals surface area contributed by atoms with Crippen molar-refractivity contribution in [2.45, 2.75) is 44.2 Å². The molecule has 11 heteroatoms. The Balaban J connectivity index is 1.62. The molecular formula is C27H42FN5O5. The van der Waals surface area contributed by atoms with Crippen molar-refractivity contribution >= 4 is 18.0 Å². The molecule has 212 valence electrons. The summed E-state index contributed by atoms with van der Waals surface area (Å²) in [6.07, 6.45) is 2.85. The third kappa shape index (κ3) is 8.83. The summed E-state index contributed by atoms with van der Waals surface area (Å²) in [6.45, 7) is 2.93. The minimum atomic E-state index is -0.543. The first-order chi connectivity index (χ1) is 18.3. The molecule has 0 unspecified atom stereocenters. The van der Waals surface area contributed by atoms with E-state index >= 15 is 0 Å². The number of amides is 4. The maximum Gasteiger partial charge on any atom is 0.406 e. The van der Waals surface area contributed by atoms with Crippen LogP contribution in [0.15, 0.2) is 24.3 Å². The SMILES string of the molecule is CNC[C@H](C[C@H]1CCC(=O)N(C)C1)NC(=O)N1CCC[C@@H]([C@@H](OCCNC(=O)OC)c2cccc(F)c2)C1. The minimum absolute atomic E-state index is 0.0322. The van der Waals surface area contributed by atoms with Gasteiger partial charge in [-0.15, -0.1) is 0 Å². The van der Waals surface area contributed by atoms with E-state index in [1.54, 1.807) is 11.0 Å². The van der Waals surface area contributed by atoms with Crippen molar-refractivity contribution in [1.29, 1.82) is 0 Å². The summed E-state index contributed by atoms with van der Waals surface area (Å²) >= 11 is 0. The number of likely N-dealkylation sites (N-methyl/N-ethyl adjacent to an activating group) is 1. The number of nitrogens with one attached hydrogen (secondary N) is 3. The molecule has 0 bridgehead atoms. The molecule has 0 saturated carbocycles. The van der Waals surface area contributed by atoms with Crippen LogP contribution >= 0.6 is 0 Å². The maximum atomic E-state index is 14.1. The number of carbonyl (C=O) groups excluding carboxylic acids is 3. The Bertz CT molecular complexity index is 935. The van der Waals surface area contributed by atoms with Gasteiger partial charge in [0.1, 0.15) is 5.82 Å². The number of likely N-dealkylation sites (tertiary alicyclic amines) is 2. The number of nitrogens with zero attached hydrogens (tertiary/aromatic N) is 2. The first kappa shape index (κ1) is 29.6. The van der Waals surface area contributed by atoms with Crippen LogP contribution in [0.2, 0.25) is 0 Å². The zero-order valence-electron chi connectivity index (χ0n) is 22.7. The molecule has 2 aliphatic heterocycles. The molecule has 0 spiro atoms. The second-order valence-corrected chi connectivity index (χ2v) is 10.2. The van der Waals surface area contributed by atoms with E-state index in [2.05, 4.69) is 20.7 Å². The van der Waals surface area contributed by atoms with Gasteiger partial charge in [-0.1, -0.05) is 12.1 Å². The van der Waals surface area contributed by atoms with Gasteiger partial charge in [0.05, 0.1) is 19.8 Å². The molecule has 0 aromatic heterocycles. The number of benzene rings is 1. The van der Waals surface area contributed by atoms with Gasteiger partial charge < -0.3 is 35.2 Å². The summed E-state index contributed by atoms with van der Waals surface area (Å²) in [5.74, 6) is 0.134. The van der Waals surface area contributed by atoms with Gasteiger partial charge in [-0.2, -0.15) is 0 Å². The van der Waals surface area contributed by atoms with Crippen molar-refractivity contribution in [3.63, 3.8) is 0 Å². The van der Waals surface area contributed by atoms with Gasteiger partial charge >= 0.3 is 12.1 Å². The van der Waals surface area contributed by atoms with E-state index in [4.69, 9.17) is 4.74 Å². The van der Waals surface area contributed by atoms with E-state index in [9.17, 15) is 18.8 Å². The molecule has 2 heterocycles. The summed E-state index contributed by atoms with van der Waals surface area (Å²) in [4.78, 5) is 40.1. The highest BCUT2D eigenvalue weighted by molar-refractivity contribution is 5.76. The number of ether oxygens (including phenoxy) is 2. The van der Waals surface area contributed by atoms with Crippen molar-refractivity contribution in [2.75, 3.05) is 60.5 Å². The van der Waals surface area contributed by atoms with E-state index in [1.807, 2.05) is 25.1 Å². The maximum absolute atomic E-state index is 14.1. The fourth-order valence-electron chi connectivity index (χ4n) is 5.44. The van der Waals surface area contributed by atoms with Gasteiger partial charge in [-0.25, -0.2) is 14.0 Å². The number of halogens is 1. The van der Waals surface area contributed by atoms with Gasteiger partial charge in [0.25, 0.3) is 0 Å². The number of urea groups is 1. The fraction of sp³-hybridized carbons (Fsp3) is 0.667. The molecule has 3 N–H and O–H groups in total. The Morgan fingerprint density at radius 3 is 2.76 bits per heavy atom. The van der Waals surface area contributed by atoms with E-state index in [0.717, 1.165) is 25.7 Å². The summed E-state index contributed by atoms with van der Waals surface area (Å²) in [6, 6.07) is 6.16. The predicted octanol–water partition coefficient (Wildman–Crippen LogP) is 2.51. The molecule has 4 atom stereocenters. The topological polar surface area (TPSA) is 112 Å². The van der Waals surface area contributed by atoms with Crippen LogP contribution in [0.3, 0.4) is 0 Å². The molecule has 2 saturated heterocycles. The summed E-state index contributed by atoms with van der Waals surface area (Å²) in [5.41, 5.74) is 0.708. The van der Waals surface area contributed by atoms with Gasteiger partial charge in [-0.05, 0) is 56.3 Å². The van der Waals surface area contributed by atoms with E-state index in [1.165, 1.54) is 19.2 Å². The Morgan fingerprint density at radius 1 is 1.24 bits per heavy atom. The number of alkyl carbamates (subject to hydrolysis) is 1. The first-order valence-corrected chi connectivity index (χ1v) is 13.4. The van der Waals surface area contributed by atoms with Gasteiger partial charge in [0, 0.05) is 58.2 Å². The zero-order valence-corrected chi connectivity index (χ0v) is 22.7. The third-order valence-electron chi connectivity index (χ3n) is 7.32. The van der Waals surface area contributed by atoms with Crippen LogP contribution < -0.4 is 16.0 Å². The lowest BCUT2D eigenvalue weighted by molar-refractivity contribution is -0.133. The number of piperidine rings is 2. The third-order valence-corrected chi connectivity index (χ3v) is 7.32. The van der Waals surface area contributed by atoms with E-state index < -0.39 is 12.2 Å². The first-order valence-electron chi connectivity index (χ1n) is 13.4. The van der Waals surface area contributed by atoms with Crippen LogP contribution in [-0.4, -0.2) is 94.4 Å². The minimum Gasteiger partial charge on any atom is -0.453 e. The number of hydrogen-bond acceptors (Lipinski definition) is 6. The number of hydrogen-bond donors (Lipinski definition) is 3. The zero-order chi connectivity index (χ0) is 27.5. The largest absolute Gasteiger partial charge is 0.453 e. The van der Waals surface area contributed by atoms with Gasteiger partial charge in [0.15, 0.2) is 0 Å². The van der Waals surface area contributed by atoms with Crippen LogP contribution in [0.1, 0.15) is 43.8 Å². The van der Waals surface area contributed by atoms with Crippen LogP contribution in [0.4, 0.5) is 14.0 Å². The van der Waals surface area contributed by atoms with E-state index in [-0.39, 0.29) is 42.9 Å². The molecule has 1 aromatic carbocycles. The van der Waals surface area contributed by atoms with Crippen LogP contribution in [0.5, 0.6) is 0 Å². The molecule has 0 radical (unpaired) electrons. The van der Waals surface area contributed by atoms with E-state index in [0.29, 0.717) is 44.1 Å². The number of rotatable bonds is 11. The highest BCUT2D eigenvalue weighted by Crippen LogP contribution is 2.33. The molecule has 2 fully saturated rings. The molecule has 1 aromatic rings. The van der Waals surface area contributed by atoms with Crippen molar-refractivity contribution in [2.24, 2.45) is 11.8 Å². The van der Waals surface area contributed by atoms with Crippen LogP contribution in [0, 0.1) is 17.7 Å². The summed E-state index contributed by atoms with van der Waals surface area (Å²) in [7, 11) is 4.99. The predicted molar refractivity (Wildman–Crippen MR) is 141 cm³/mol. The van der Waals surface area contributed by atoms with Crippen molar-refractivity contribution in [1.82, 2.24) is 25.8 Å². The summed E-state index contributed by atoms with van der Waals surface area (Å²) < 4.78 is 24.8. The lowest BCUT2D eigenvalue weighted by atomic mass is 9.88. The Hall–Kier alpha value is -2.92. The normalized spacial score (nSPS) is 21.5. The quantitative estimate of drug-likeness (QED) is 0.376. The second-order valence-electron chi connectivity index (χ2n) is 10.2. The molecule has 10 nitrogen and oxygen atoms in total. The Kier molecular flexibility index (Phi) is 11.6. The highest BCUT2D eigenvalue weighted by atomic mass is 19.1. The van der Waals surface area contributed by atoms with Crippen molar-refractivity contribution < 1.29 is 28.2 Å². The van der Waals surface area contributed by atoms with Gasteiger partial charge in [-0.3, -0.25) is 4.79 Å². The Labute approximate surface area is 224 Å². The number of carbonyl (C=O) groups is 3. The molecule has 38 heavy (non-hydrogen) atoms. The lowest BCUT2D eigenvalue weighted by Crippen LogP contribution is -2.52. The molecular weight excluding hydrogens is 493 g/mol. The average molecular weight is 536 g/mol. The monoisotopic (exact) mass is 535 g/mol. The smallest absolute Gasteiger partial charge is 0.406 e. The van der Waals surface area contributed by atoms with Crippen molar-refractivity contribution in [3.05, 3.63) is 35.6 Å². The highest BCUT2D eigenvalue weighted by Gasteiger charge is 2.33. The molecule has 3 rings (SSSR count). The summed E-state index contributed by atoms with van der Waals surface area (Å²) in [5, 5.41) is 8.96. The van der Waals surface area contributed by atoms with Gasteiger partial charge in [0.2, 0.25) is 5.91 Å². The molecule has 4 amide bonds. The standard InChI is InChI=1S/C27H42FN5O5/c1-29-16-23(14-19-9-10-24(34)32(2)17-19)31-26(35)33-12-5-7-21(18-33)25(20-6-4-8-22(28)15-20)38-13-11-30-27(36)37-3/h4,6,8,15,19,21,23,25,29H,5,7,9-14,16-18H2,1-3H3,(H,30,36)(H,31,35)/t19-,21-,23+,25+/m1/s1. The lowest BCUT2D eigenvalue weighted by Gasteiger charge is -2.38. The van der Waals surface area contributed by atoms with Crippen molar-refractivity contribution in [3.8, 4) is 0 Å². The fourth-order valence-corrected chi connectivity index (χ4v) is 5.44. The molecule has 2 aliphatic rings.